The van der Waals surface area contributed by atoms with Crippen LogP contribution in [0.15, 0.2) is 24.3 Å². The van der Waals surface area contributed by atoms with Crippen molar-refractivity contribution in [2.24, 2.45) is 0 Å². The highest BCUT2D eigenvalue weighted by Crippen LogP contribution is 2.17. The maximum atomic E-state index is 12.5. The zero-order chi connectivity index (χ0) is 15.9. The Balaban J connectivity index is 2.02. The van der Waals surface area contributed by atoms with Gasteiger partial charge in [-0.05, 0) is 18.2 Å². The SMILES string of the molecule is COCC1CN(C(=O)c2cccc(OCC(=O)O)c2)CCO1. The van der Waals surface area contributed by atoms with Crippen molar-refractivity contribution in [1.29, 1.82) is 0 Å². The van der Waals surface area contributed by atoms with E-state index in [4.69, 9.17) is 19.3 Å². The van der Waals surface area contributed by atoms with E-state index in [0.717, 1.165) is 0 Å². The lowest BCUT2D eigenvalue weighted by Crippen LogP contribution is -2.47. The average molecular weight is 309 g/mol. The predicted octanol–water partition coefficient (Wildman–Crippen LogP) is 0.637. The predicted molar refractivity (Wildman–Crippen MR) is 77.1 cm³/mol. The second-order valence-corrected chi connectivity index (χ2v) is 4.91. The molecular weight excluding hydrogens is 290 g/mol. The first-order valence-corrected chi connectivity index (χ1v) is 6.94. The maximum Gasteiger partial charge on any atom is 0.341 e. The molecule has 1 aliphatic rings. The van der Waals surface area contributed by atoms with Crippen LogP contribution in [0, 0.1) is 0 Å². The lowest BCUT2D eigenvalue weighted by atomic mass is 10.1. The summed E-state index contributed by atoms with van der Waals surface area (Å²) in [5.74, 6) is -0.840. The van der Waals surface area contributed by atoms with Crippen LogP contribution in [0.4, 0.5) is 0 Å². The Morgan fingerprint density at radius 3 is 3.00 bits per heavy atom. The van der Waals surface area contributed by atoms with Crippen LogP contribution in [0.5, 0.6) is 5.75 Å². The van der Waals surface area contributed by atoms with Crippen LogP contribution in [0.25, 0.3) is 0 Å². The number of rotatable bonds is 6. The van der Waals surface area contributed by atoms with Gasteiger partial charge in [-0.2, -0.15) is 0 Å². The maximum absolute atomic E-state index is 12.5. The van der Waals surface area contributed by atoms with E-state index in [1.54, 1.807) is 36.3 Å². The van der Waals surface area contributed by atoms with Crippen molar-refractivity contribution in [1.82, 2.24) is 4.90 Å². The van der Waals surface area contributed by atoms with Gasteiger partial charge < -0.3 is 24.2 Å². The summed E-state index contributed by atoms with van der Waals surface area (Å²) in [7, 11) is 1.59. The summed E-state index contributed by atoms with van der Waals surface area (Å²) < 4.78 is 15.7. The van der Waals surface area contributed by atoms with Crippen molar-refractivity contribution < 1.29 is 28.9 Å². The molecule has 1 N–H and O–H groups in total. The van der Waals surface area contributed by atoms with Crippen LogP contribution in [0.3, 0.4) is 0 Å². The number of aliphatic carboxylic acids is 1. The van der Waals surface area contributed by atoms with E-state index in [2.05, 4.69) is 0 Å². The molecule has 1 atom stereocenters. The highest BCUT2D eigenvalue weighted by atomic mass is 16.5. The summed E-state index contributed by atoms with van der Waals surface area (Å²) >= 11 is 0. The zero-order valence-electron chi connectivity index (χ0n) is 12.4. The van der Waals surface area contributed by atoms with Gasteiger partial charge in [-0.25, -0.2) is 4.79 Å². The number of methoxy groups -OCH3 is 1. The van der Waals surface area contributed by atoms with E-state index in [9.17, 15) is 9.59 Å². The molecule has 1 amide bonds. The number of nitrogens with zero attached hydrogens (tertiary/aromatic N) is 1. The lowest BCUT2D eigenvalue weighted by molar-refractivity contribution is -0.139. The fourth-order valence-electron chi connectivity index (χ4n) is 2.24. The van der Waals surface area contributed by atoms with Gasteiger partial charge in [0.05, 0.1) is 19.3 Å². The van der Waals surface area contributed by atoms with Gasteiger partial charge in [0.25, 0.3) is 5.91 Å². The van der Waals surface area contributed by atoms with Crippen molar-refractivity contribution in [3.63, 3.8) is 0 Å². The first-order valence-electron chi connectivity index (χ1n) is 6.94. The highest BCUT2D eigenvalue weighted by molar-refractivity contribution is 5.94. The normalized spacial score (nSPS) is 18.0. The molecule has 0 bridgehead atoms. The number of amides is 1. The van der Waals surface area contributed by atoms with Crippen LogP contribution in [0.2, 0.25) is 0 Å². The van der Waals surface area contributed by atoms with Crippen LogP contribution in [0.1, 0.15) is 10.4 Å². The summed E-state index contributed by atoms with van der Waals surface area (Å²) in [5.41, 5.74) is 0.459. The fraction of sp³-hybridized carbons (Fsp3) is 0.467. The number of hydrogen-bond donors (Lipinski definition) is 1. The van der Waals surface area contributed by atoms with Gasteiger partial charge in [0.15, 0.2) is 6.61 Å². The van der Waals surface area contributed by atoms with Gasteiger partial charge in [-0.15, -0.1) is 0 Å². The molecule has 1 heterocycles. The largest absolute Gasteiger partial charge is 0.482 e. The third kappa shape index (κ3) is 4.44. The standard InChI is InChI=1S/C15H19NO6/c1-20-9-13-8-16(5-6-21-13)15(19)11-3-2-4-12(7-11)22-10-14(17)18/h2-4,7,13H,5-6,8-10H2,1H3,(H,17,18). The van der Waals surface area contributed by atoms with E-state index < -0.39 is 12.6 Å². The molecule has 22 heavy (non-hydrogen) atoms. The molecule has 120 valence electrons. The van der Waals surface area contributed by atoms with E-state index in [1.807, 2.05) is 0 Å². The summed E-state index contributed by atoms with van der Waals surface area (Å²) in [6.45, 7) is 1.44. The third-order valence-corrected chi connectivity index (χ3v) is 3.22. The van der Waals surface area contributed by atoms with Gasteiger partial charge in [-0.3, -0.25) is 4.79 Å². The summed E-state index contributed by atoms with van der Waals surface area (Å²) in [6, 6.07) is 6.51. The zero-order valence-corrected chi connectivity index (χ0v) is 12.4. The Hall–Kier alpha value is -2.12. The van der Waals surface area contributed by atoms with Crippen molar-refractivity contribution in [2.45, 2.75) is 6.10 Å². The summed E-state index contributed by atoms with van der Waals surface area (Å²) in [5, 5.41) is 8.61. The molecular formula is C15H19NO6. The summed E-state index contributed by atoms with van der Waals surface area (Å²) in [6.07, 6.45) is -0.130. The molecule has 1 aliphatic heterocycles. The quantitative estimate of drug-likeness (QED) is 0.830. The highest BCUT2D eigenvalue weighted by Gasteiger charge is 2.25. The molecule has 0 aromatic heterocycles. The van der Waals surface area contributed by atoms with E-state index in [0.29, 0.717) is 37.6 Å². The van der Waals surface area contributed by atoms with E-state index >= 15 is 0 Å². The fourth-order valence-corrected chi connectivity index (χ4v) is 2.24. The van der Waals surface area contributed by atoms with Crippen molar-refractivity contribution in [2.75, 3.05) is 40.0 Å². The third-order valence-electron chi connectivity index (χ3n) is 3.22. The Morgan fingerprint density at radius 2 is 2.27 bits per heavy atom. The second kappa shape index (κ2) is 7.77. The molecule has 1 saturated heterocycles. The number of carboxylic acid groups (broad SMARTS) is 1. The molecule has 7 heteroatoms. The molecule has 1 unspecified atom stereocenters. The van der Waals surface area contributed by atoms with Crippen LogP contribution in [-0.2, 0) is 14.3 Å². The molecule has 0 spiro atoms. The van der Waals surface area contributed by atoms with Gasteiger partial charge in [0.1, 0.15) is 5.75 Å². The van der Waals surface area contributed by atoms with Gasteiger partial charge >= 0.3 is 5.97 Å². The molecule has 0 saturated carbocycles. The Labute approximate surface area is 128 Å². The molecule has 0 aliphatic carbocycles. The number of carbonyl (C=O) groups excluding carboxylic acids is 1. The summed E-state index contributed by atoms with van der Waals surface area (Å²) in [4.78, 5) is 24.7. The minimum atomic E-state index is -1.06. The molecule has 1 aromatic carbocycles. The van der Waals surface area contributed by atoms with E-state index in [1.165, 1.54) is 0 Å². The van der Waals surface area contributed by atoms with Gasteiger partial charge in [0, 0.05) is 25.8 Å². The van der Waals surface area contributed by atoms with Crippen LogP contribution >= 0.6 is 0 Å². The Kier molecular flexibility index (Phi) is 5.74. The molecule has 7 nitrogen and oxygen atoms in total. The second-order valence-electron chi connectivity index (χ2n) is 4.91. The Morgan fingerprint density at radius 1 is 1.45 bits per heavy atom. The average Bonchev–Trinajstić information content (AvgIpc) is 2.53. The first kappa shape index (κ1) is 16.3. The smallest absolute Gasteiger partial charge is 0.341 e. The lowest BCUT2D eigenvalue weighted by Gasteiger charge is -2.32. The van der Waals surface area contributed by atoms with Crippen LogP contribution < -0.4 is 4.74 Å². The molecule has 0 radical (unpaired) electrons. The first-order chi connectivity index (χ1) is 10.6. The van der Waals surface area contributed by atoms with Gasteiger partial charge in [-0.1, -0.05) is 6.07 Å². The van der Waals surface area contributed by atoms with Crippen molar-refractivity contribution in [3.05, 3.63) is 29.8 Å². The van der Waals surface area contributed by atoms with Gasteiger partial charge in [0.2, 0.25) is 0 Å². The number of benzene rings is 1. The van der Waals surface area contributed by atoms with Crippen molar-refractivity contribution in [3.8, 4) is 5.75 Å². The number of carbonyl (C=O) groups is 2. The number of hydrogen-bond acceptors (Lipinski definition) is 5. The molecule has 2 rings (SSSR count). The minimum Gasteiger partial charge on any atom is -0.482 e. The Bertz CT molecular complexity index is 531. The minimum absolute atomic E-state index is 0.130. The van der Waals surface area contributed by atoms with Crippen molar-refractivity contribution >= 4 is 11.9 Å². The number of ether oxygens (including phenoxy) is 3. The monoisotopic (exact) mass is 309 g/mol. The number of carboxylic acids is 1. The number of morpholine rings is 1. The molecule has 1 aromatic rings. The van der Waals surface area contributed by atoms with E-state index in [-0.39, 0.29) is 12.0 Å². The van der Waals surface area contributed by atoms with Crippen LogP contribution in [-0.4, -0.2) is 68.0 Å². The molecule has 1 fully saturated rings. The topological polar surface area (TPSA) is 85.3 Å².